The molecule has 0 aromatic heterocycles. The summed E-state index contributed by atoms with van der Waals surface area (Å²) >= 11 is 12.6. The van der Waals surface area contributed by atoms with Gasteiger partial charge >= 0.3 is 0 Å². The summed E-state index contributed by atoms with van der Waals surface area (Å²) in [5, 5.41) is 1.29. The Kier molecular flexibility index (Phi) is 3.82. The van der Waals surface area contributed by atoms with Gasteiger partial charge in [-0.25, -0.2) is 0 Å². The number of hydrogen-bond acceptors (Lipinski definition) is 1. The normalized spacial score (nSPS) is 19.9. The molecule has 1 aliphatic carbocycles. The van der Waals surface area contributed by atoms with E-state index >= 15 is 0 Å². The summed E-state index contributed by atoms with van der Waals surface area (Å²) in [4.78, 5) is 4.41. The van der Waals surface area contributed by atoms with Crippen LogP contribution in [0.25, 0.3) is 0 Å². The van der Waals surface area contributed by atoms with Gasteiger partial charge in [-0.3, -0.25) is 4.99 Å². The predicted octanol–water partition coefficient (Wildman–Crippen LogP) is 5.34. The molecule has 102 valence electrons. The van der Waals surface area contributed by atoms with Crippen LogP contribution in [0.4, 0.5) is 0 Å². The van der Waals surface area contributed by atoms with E-state index in [-0.39, 0.29) is 0 Å². The predicted molar refractivity (Wildman–Crippen MR) is 86.4 cm³/mol. The molecule has 0 spiro atoms. The molecule has 2 aromatic rings. The van der Waals surface area contributed by atoms with Crippen LogP contribution in [0.15, 0.2) is 47.5 Å². The lowest BCUT2D eigenvalue weighted by Crippen LogP contribution is -2.17. The lowest BCUT2D eigenvalue weighted by molar-refractivity contribution is 0.722. The van der Waals surface area contributed by atoms with Crippen LogP contribution in [0.3, 0.4) is 0 Å². The van der Waals surface area contributed by atoms with Crippen molar-refractivity contribution < 1.29 is 0 Å². The first-order valence-corrected chi connectivity index (χ1v) is 7.47. The zero-order chi connectivity index (χ0) is 14.1. The molecule has 0 aliphatic heterocycles. The summed E-state index contributed by atoms with van der Waals surface area (Å²) in [5.41, 5.74) is 4.82. The largest absolute Gasteiger partial charge is 0.292 e. The van der Waals surface area contributed by atoms with Gasteiger partial charge in [0.2, 0.25) is 0 Å². The molecule has 1 nitrogen and oxygen atoms in total. The topological polar surface area (TPSA) is 12.4 Å². The number of hydrogen-bond donors (Lipinski definition) is 0. The molecule has 20 heavy (non-hydrogen) atoms. The maximum absolute atomic E-state index is 6.40. The molecule has 0 bridgehead atoms. The first-order chi connectivity index (χ1) is 9.72. The standard InChI is InChI=1S/C17H15Cl2N/c1-20-16-10-9-12(11-5-2-3-6-13(11)16)14-7-4-8-15(18)17(14)19/h2-8,12H,9-10H2,1H3. The van der Waals surface area contributed by atoms with E-state index in [0.29, 0.717) is 16.0 Å². The molecule has 0 fully saturated rings. The van der Waals surface area contributed by atoms with Crippen molar-refractivity contribution >= 4 is 28.9 Å². The summed E-state index contributed by atoms with van der Waals surface area (Å²) in [6.07, 6.45) is 1.99. The van der Waals surface area contributed by atoms with Crippen LogP contribution >= 0.6 is 23.2 Å². The lowest BCUT2D eigenvalue weighted by atomic mass is 9.78. The SMILES string of the molecule is CN=C1CCC(c2cccc(Cl)c2Cl)c2ccccc21. The summed E-state index contributed by atoms with van der Waals surface area (Å²) < 4.78 is 0. The van der Waals surface area contributed by atoms with E-state index in [2.05, 4.69) is 35.3 Å². The van der Waals surface area contributed by atoms with E-state index in [1.54, 1.807) is 0 Å². The van der Waals surface area contributed by atoms with Crippen LogP contribution < -0.4 is 0 Å². The number of rotatable bonds is 1. The Hall–Kier alpha value is -1.31. The molecule has 1 unspecified atom stereocenters. The van der Waals surface area contributed by atoms with Crippen LogP contribution in [-0.4, -0.2) is 12.8 Å². The fraction of sp³-hybridized carbons (Fsp3) is 0.235. The van der Waals surface area contributed by atoms with Crippen molar-refractivity contribution in [2.24, 2.45) is 4.99 Å². The fourth-order valence-corrected chi connectivity index (χ4v) is 3.42. The third-order valence-corrected chi connectivity index (χ3v) is 4.78. The maximum atomic E-state index is 6.40. The molecule has 1 atom stereocenters. The van der Waals surface area contributed by atoms with Gasteiger partial charge in [0.05, 0.1) is 10.0 Å². The molecule has 1 aliphatic rings. The average Bonchev–Trinajstić information content (AvgIpc) is 2.49. The molecule has 0 N–H and O–H groups in total. The molecule has 0 saturated carbocycles. The summed E-state index contributed by atoms with van der Waals surface area (Å²) in [6, 6.07) is 14.3. The van der Waals surface area contributed by atoms with Crippen molar-refractivity contribution in [2.45, 2.75) is 18.8 Å². The lowest BCUT2D eigenvalue weighted by Gasteiger charge is -2.27. The molecule has 3 heteroatoms. The molecule has 0 amide bonds. The van der Waals surface area contributed by atoms with E-state index in [1.165, 1.54) is 16.8 Å². The number of benzene rings is 2. The minimum atomic E-state index is 0.294. The van der Waals surface area contributed by atoms with Crippen LogP contribution in [0.1, 0.15) is 35.4 Å². The van der Waals surface area contributed by atoms with Crippen molar-refractivity contribution in [2.75, 3.05) is 7.05 Å². The second-order valence-corrected chi connectivity index (χ2v) is 5.78. The number of nitrogens with zero attached hydrogens (tertiary/aromatic N) is 1. The highest BCUT2D eigenvalue weighted by molar-refractivity contribution is 6.42. The first-order valence-electron chi connectivity index (χ1n) is 6.71. The first kappa shape index (κ1) is 13.7. The number of aliphatic imine (C=N–C) groups is 1. The minimum Gasteiger partial charge on any atom is -0.292 e. The Morgan fingerprint density at radius 1 is 1.00 bits per heavy atom. The molecule has 0 radical (unpaired) electrons. The molecular weight excluding hydrogens is 289 g/mol. The molecule has 3 rings (SSSR count). The van der Waals surface area contributed by atoms with E-state index in [0.717, 1.165) is 18.4 Å². The van der Waals surface area contributed by atoms with E-state index < -0.39 is 0 Å². The van der Waals surface area contributed by atoms with Gasteiger partial charge in [0.1, 0.15) is 0 Å². The van der Waals surface area contributed by atoms with Crippen LogP contribution in [-0.2, 0) is 0 Å². The highest BCUT2D eigenvalue weighted by Crippen LogP contribution is 2.41. The summed E-state index contributed by atoms with van der Waals surface area (Å²) in [5.74, 6) is 0.294. The van der Waals surface area contributed by atoms with Gasteiger partial charge < -0.3 is 0 Å². The van der Waals surface area contributed by atoms with Gasteiger partial charge in [0.15, 0.2) is 0 Å². The van der Waals surface area contributed by atoms with Gasteiger partial charge in [-0.05, 0) is 35.6 Å². The van der Waals surface area contributed by atoms with Gasteiger partial charge in [0, 0.05) is 18.7 Å². The maximum Gasteiger partial charge on any atom is 0.0630 e. The minimum absolute atomic E-state index is 0.294. The zero-order valence-corrected chi connectivity index (χ0v) is 12.7. The Morgan fingerprint density at radius 2 is 1.75 bits per heavy atom. The highest BCUT2D eigenvalue weighted by Gasteiger charge is 2.26. The van der Waals surface area contributed by atoms with Crippen molar-refractivity contribution in [3.8, 4) is 0 Å². The second-order valence-electron chi connectivity index (χ2n) is 4.99. The Morgan fingerprint density at radius 3 is 2.55 bits per heavy atom. The van der Waals surface area contributed by atoms with Gasteiger partial charge in [-0.15, -0.1) is 0 Å². The van der Waals surface area contributed by atoms with Gasteiger partial charge in [0.25, 0.3) is 0 Å². The monoisotopic (exact) mass is 303 g/mol. The van der Waals surface area contributed by atoms with Crippen molar-refractivity contribution in [3.05, 3.63) is 69.2 Å². The van der Waals surface area contributed by atoms with E-state index in [9.17, 15) is 0 Å². The average molecular weight is 304 g/mol. The Bertz CT molecular complexity index is 676. The number of halogens is 2. The van der Waals surface area contributed by atoms with Gasteiger partial charge in [-0.2, -0.15) is 0 Å². The third-order valence-electron chi connectivity index (χ3n) is 3.94. The highest BCUT2D eigenvalue weighted by atomic mass is 35.5. The number of fused-ring (bicyclic) bond motifs is 1. The molecular formula is C17H15Cl2N. The molecule has 2 aromatic carbocycles. The molecule has 0 heterocycles. The van der Waals surface area contributed by atoms with Crippen LogP contribution in [0.2, 0.25) is 10.0 Å². The van der Waals surface area contributed by atoms with Crippen LogP contribution in [0, 0.1) is 0 Å². The van der Waals surface area contributed by atoms with Crippen molar-refractivity contribution in [1.82, 2.24) is 0 Å². The van der Waals surface area contributed by atoms with E-state index in [4.69, 9.17) is 23.2 Å². The summed E-state index contributed by atoms with van der Waals surface area (Å²) in [7, 11) is 1.86. The smallest absolute Gasteiger partial charge is 0.0630 e. The van der Waals surface area contributed by atoms with Crippen LogP contribution in [0.5, 0.6) is 0 Å². The van der Waals surface area contributed by atoms with Crippen molar-refractivity contribution in [3.63, 3.8) is 0 Å². The Balaban J connectivity index is 2.15. The fourth-order valence-electron chi connectivity index (χ4n) is 2.98. The zero-order valence-electron chi connectivity index (χ0n) is 11.2. The Labute approximate surface area is 129 Å². The summed E-state index contributed by atoms with van der Waals surface area (Å²) in [6.45, 7) is 0. The third kappa shape index (κ3) is 2.25. The van der Waals surface area contributed by atoms with Gasteiger partial charge in [-0.1, -0.05) is 59.6 Å². The molecule has 0 saturated heterocycles. The second kappa shape index (κ2) is 5.59. The van der Waals surface area contributed by atoms with Crippen molar-refractivity contribution in [1.29, 1.82) is 0 Å². The quantitative estimate of drug-likeness (QED) is 0.674. The van der Waals surface area contributed by atoms with E-state index in [1.807, 2.05) is 19.2 Å².